The Kier molecular flexibility index (Phi) is 39.1. The fourth-order valence-electron chi connectivity index (χ4n) is 11.1. The first-order chi connectivity index (χ1) is 41.1. The van der Waals surface area contributed by atoms with Gasteiger partial charge in [0.2, 0.25) is 11.8 Å². The van der Waals surface area contributed by atoms with Crippen LogP contribution >= 0.6 is 0 Å². The van der Waals surface area contributed by atoms with Crippen molar-refractivity contribution in [1.29, 1.82) is 0 Å². The Labute approximate surface area is 510 Å². The Morgan fingerprint density at radius 1 is 0.640 bits per heavy atom. The molecule has 3 aliphatic heterocycles. The maximum Gasteiger partial charge on any atom is 0.364 e. The molecule has 3 heterocycles. The van der Waals surface area contributed by atoms with Crippen LogP contribution in [-0.4, -0.2) is 227 Å². The number of ether oxygens (including phenoxy) is 6. The predicted molar refractivity (Wildman–Crippen MR) is 317 cm³/mol. The molecule has 24 nitrogen and oxygen atoms in total. The van der Waals surface area contributed by atoms with Gasteiger partial charge in [0, 0.05) is 6.42 Å². The molecule has 2 amide bonds. The Hall–Kier alpha value is -2.57. The number of unbranched alkanes of at least 4 members (excludes halogenated alkanes) is 24. The molecule has 0 aromatic carbocycles. The summed E-state index contributed by atoms with van der Waals surface area (Å²) in [5.74, 6) is -6.03. The molecule has 19 atom stereocenters. The summed E-state index contributed by atoms with van der Waals surface area (Å²) in [5, 5.41) is 144. The van der Waals surface area contributed by atoms with Crippen LogP contribution in [0.25, 0.3) is 0 Å². The van der Waals surface area contributed by atoms with Crippen molar-refractivity contribution in [2.45, 2.75) is 330 Å². The molecule has 3 fully saturated rings. The van der Waals surface area contributed by atoms with Crippen LogP contribution in [0.4, 0.5) is 0 Å². The average Bonchev–Trinajstić information content (AvgIpc) is 1.30. The summed E-state index contributed by atoms with van der Waals surface area (Å²) in [5.41, 5.74) is 0. The van der Waals surface area contributed by atoms with Gasteiger partial charge in [-0.3, -0.25) is 9.59 Å². The first kappa shape index (κ1) is 77.7. The van der Waals surface area contributed by atoms with Crippen LogP contribution < -0.4 is 10.6 Å². The monoisotopic (exact) mass is 1240 g/mol. The number of hydrogen-bond donors (Lipinski definition) is 15. The van der Waals surface area contributed by atoms with Crippen molar-refractivity contribution in [3.05, 3.63) is 12.2 Å². The number of aliphatic hydroxyl groups excluding tert-OH is 12. The lowest BCUT2D eigenvalue weighted by molar-refractivity contribution is -0.339. The topological polar surface area (TPSA) is 394 Å². The number of hydrogen-bond acceptors (Lipinski definition) is 21. The second-order valence-electron chi connectivity index (χ2n) is 24.7. The molecule has 0 aromatic heterocycles. The van der Waals surface area contributed by atoms with Gasteiger partial charge in [-0.1, -0.05) is 193 Å². The van der Waals surface area contributed by atoms with Crippen molar-refractivity contribution in [2.24, 2.45) is 5.92 Å². The zero-order valence-corrected chi connectivity index (χ0v) is 51.9. The molecule has 24 heteroatoms. The third kappa shape index (κ3) is 27.9. The van der Waals surface area contributed by atoms with E-state index >= 15 is 0 Å². The maximum atomic E-state index is 13.5. The lowest BCUT2D eigenvalue weighted by Crippen LogP contribution is -2.69. The zero-order valence-electron chi connectivity index (χ0n) is 51.9. The first-order valence-electron chi connectivity index (χ1n) is 32.5. The summed E-state index contributed by atoms with van der Waals surface area (Å²) < 4.78 is 33.7. The molecule has 0 aliphatic carbocycles. The molecule has 0 bridgehead atoms. The smallest absolute Gasteiger partial charge is 0.364 e. The van der Waals surface area contributed by atoms with Crippen LogP contribution in [0.3, 0.4) is 0 Å². The fraction of sp³-hybridized carbons (Fsp3) is 0.919. The number of aliphatic carboxylic acids is 1. The molecule has 3 aliphatic rings. The number of carbonyl (C=O) groups is 3. The molecule has 0 aromatic rings. The van der Waals surface area contributed by atoms with Gasteiger partial charge in [0.05, 0.1) is 50.2 Å². The summed E-state index contributed by atoms with van der Waals surface area (Å²) >= 11 is 0. The largest absolute Gasteiger partial charge is 0.477 e. The van der Waals surface area contributed by atoms with Gasteiger partial charge >= 0.3 is 5.97 Å². The van der Waals surface area contributed by atoms with Gasteiger partial charge in [-0.05, 0) is 32.1 Å². The number of allylic oxidation sites excluding steroid dienone is 1. The van der Waals surface area contributed by atoms with Gasteiger partial charge in [0.1, 0.15) is 73.8 Å². The minimum Gasteiger partial charge on any atom is -0.477 e. The number of amides is 2. The van der Waals surface area contributed by atoms with Crippen molar-refractivity contribution in [3.8, 4) is 0 Å². The van der Waals surface area contributed by atoms with Gasteiger partial charge in [-0.2, -0.15) is 0 Å². The van der Waals surface area contributed by atoms with Crippen LogP contribution in [-0.2, 0) is 42.8 Å². The highest BCUT2D eigenvalue weighted by molar-refractivity contribution is 5.81. The van der Waals surface area contributed by atoms with Crippen LogP contribution in [0.1, 0.15) is 214 Å². The summed E-state index contributed by atoms with van der Waals surface area (Å²) in [6, 6.07) is -2.99. The molecule has 0 saturated carbocycles. The number of aliphatic hydroxyl groups is 12. The van der Waals surface area contributed by atoms with Crippen molar-refractivity contribution in [3.63, 3.8) is 0 Å². The van der Waals surface area contributed by atoms with Crippen LogP contribution in [0.5, 0.6) is 0 Å². The highest BCUT2D eigenvalue weighted by Crippen LogP contribution is 2.35. The van der Waals surface area contributed by atoms with E-state index in [1.54, 1.807) is 6.08 Å². The maximum absolute atomic E-state index is 13.5. The van der Waals surface area contributed by atoms with E-state index in [1.807, 2.05) is 0 Å². The summed E-state index contributed by atoms with van der Waals surface area (Å²) in [4.78, 5) is 39.6. The van der Waals surface area contributed by atoms with Crippen molar-refractivity contribution < 1.29 is 109 Å². The van der Waals surface area contributed by atoms with Crippen molar-refractivity contribution >= 4 is 17.8 Å². The second kappa shape index (κ2) is 43.2. The van der Waals surface area contributed by atoms with Crippen LogP contribution in [0.15, 0.2) is 12.2 Å². The minimum atomic E-state index is -2.96. The SMILES string of the molecule is CCCCCCCCCCCCCCCCCCCC[C@@H](O)C(=O)N[C@@H](CO[C@@H]1O[C@H](CO[C@]2(C(=O)O)C[C@H](O)[C@@H](NC(=O)CO[C@@H]3O[C@@H](C)[C@@H](O)[C@@H](O)[C@@H]3O)[C@H](C(O)C(O)CO)O2)[C@@H](O)[C@H](O)[C@H]1O)[C@H](O)/C=C/CCCCCCCCCC(C)C. The average molecular weight is 1240 g/mol. The Morgan fingerprint density at radius 3 is 1.66 bits per heavy atom. The third-order valence-corrected chi connectivity index (χ3v) is 16.8. The molecule has 86 heavy (non-hydrogen) atoms. The van der Waals surface area contributed by atoms with E-state index in [2.05, 4.69) is 31.4 Å². The number of carboxylic acid groups (broad SMARTS) is 1. The normalized spacial score (nSPS) is 29.8. The minimum absolute atomic E-state index is 0.170. The van der Waals surface area contributed by atoms with Crippen molar-refractivity contribution in [2.75, 3.05) is 26.4 Å². The Balaban J connectivity index is 1.62. The zero-order chi connectivity index (χ0) is 63.6. The molecule has 15 N–H and O–H groups in total. The highest BCUT2D eigenvalue weighted by Gasteiger charge is 2.57. The lowest BCUT2D eigenvalue weighted by Gasteiger charge is -2.47. The van der Waals surface area contributed by atoms with Gasteiger partial charge in [0.15, 0.2) is 12.6 Å². The predicted octanol–water partition coefficient (Wildman–Crippen LogP) is 3.16. The first-order valence-corrected chi connectivity index (χ1v) is 32.5. The van der Waals surface area contributed by atoms with Crippen LogP contribution in [0, 0.1) is 5.92 Å². The second-order valence-corrected chi connectivity index (χ2v) is 24.7. The van der Waals surface area contributed by atoms with E-state index in [0.29, 0.717) is 18.8 Å². The molecule has 3 saturated heterocycles. The van der Waals surface area contributed by atoms with Gasteiger partial charge in [-0.25, -0.2) is 4.79 Å². The van der Waals surface area contributed by atoms with E-state index in [9.17, 15) is 80.8 Å². The number of carbonyl (C=O) groups excluding carboxylic acids is 2. The Bertz CT molecular complexity index is 1840. The lowest BCUT2D eigenvalue weighted by atomic mass is 9.88. The number of nitrogens with one attached hydrogen (secondary N) is 2. The number of carboxylic acids is 1. The quantitative estimate of drug-likeness (QED) is 0.0307. The van der Waals surface area contributed by atoms with Gasteiger partial charge < -0.3 is 105 Å². The molecule has 2 unspecified atom stereocenters. The fourth-order valence-corrected chi connectivity index (χ4v) is 11.1. The Morgan fingerprint density at radius 2 is 1.14 bits per heavy atom. The number of rotatable bonds is 47. The summed E-state index contributed by atoms with van der Waals surface area (Å²) in [6.45, 7) is 4.47. The highest BCUT2D eigenvalue weighted by atomic mass is 16.7. The summed E-state index contributed by atoms with van der Waals surface area (Å²) in [6.07, 6.45) is 5.29. The van der Waals surface area contributed by atoms with Gasteiger partial charge in [0.25, 0.3) is 5.79 Å². The van der Waals surface area contributed by atoms with E-state index < -0.39 is 167 Å². The van der Waals surface area contributed by atoms with E-state index in [4.69, 9.17) is 28.4 Å². The van der Waals surface area contributed by atoms with E-state index in [1.165, 1.54) is 122 Å². The summed E-state index contributed by atoms with van der Waals surface area (Å²) in [7, 11) is 0. The van der Waals surface area contributed by atoms with Gasteiger partial charge in [-0.15, -0.1) is 0 Å². The third-order valence-electron chi connectivity index (χ3n) is 16.8. The van der Waals surface area contributed by atoms with Crippen LogP contribution in [0.2, 0.25) is 0 Å². The molecule has 504 valence electrons. The van der Waals surface area contributed by atoms with Crippen molar-refractivity contribution in [1.82, 2.24) is 10.6 Å². The molecule has 0 spiro atoms. The van der Waals surface area contributed by atoms with E-state index in [0.717, 1.165) is 51.4 Å². The molecular weight excluding hydrogens is 1120 g/mol. The molecular formula is C62H114N2O22. The van der Waals surface area contributed by atoms with E-state index in [-0.39, 0.29) is 6.42 Å². The standard InChI is InChI=1S/C62H114N2O22/c1-5-6-7-8-9-10-11-12-13-14-15-16-17-18-21-25-28-31-34-44(67)58(78)63-42(43(66)33-30-27-24-22-19-20-23-26-29-32-40(2)3)37-81-60-56(77)54(75)52(73)47(85-60)38-83-62(61(79)80)35-45(68)49(57(86-62)51(72)46(69)36-65)64-48(70)39-82-59-55(76)53(74)50(71)41(4)84-59/h30,33,40-47,49-57,59-60,65-69,71-77H,5-29,31-32,34-39H2,1-4H3,(H,63,78)(H,64,70)(H,79,80)/b33-30+/t41-,42-,43+,44+,45-,46?,47+,49+,50+,51?,52+,53+,54-,55-,56+,57+,59+,60+,62+/m0/s1. The molecule has 3 rings (SSSR count). The molecule has 0 radical (unpaired) electrons.